The topological polar surface area (TPSA) is 70.8 Å². The number of fused-ring (bicyclic) bond motifs is 1. The van der Waals surface area contributed by atoms with Gasteiger partial charge in [-0.25, -0.2) is 0 Å². The Morgan fingerprint density at radius 3 is 2.52 bits per heavy atom. The molecule has 0 saturated carbocycles. The van der Waals surface area contributed by atoms with Gasteiger partial charge in [0.05, 0.1) is 21.3 Å². The van der Waals surface area contributed by atoms with Crippen LogP contribution in [-0.4, -0.2) is 33.3 Å². The molecule has 5 nitrogen and oxygen atoms in total. The Morgan fingerprint density at radius 1 is 1.19 bits per heavy atom. The van der Waals surface area contributed by atoms with E-state index >= 15 is 0 Å². The lowest BCUT2D eigenvalue weighted by atomic mass is 9.97. The van der Waals surface area contributed by atoms with Gasteiger partial charge in [0.15, 0.2) is 11.5 Å². The van der Waals surface area contributed by atoms with Crippen LogP contribution in [0.25, 0.3) is 10.8 Å². The van der Waals surface area contributed by atoms with Crippen molar-refractivity contribution in [3.05, 3.63) is 35.9 Å². The summed E-state index contributed by atoms with van der Waals surface area (Å²) < 4.78 is 15.5. The molecule has 0 radical (unpaired) electrons. The quantitative estimate of drug-likeness (QED) is 0.851. The zero-order chi connectivity index (χ0) is 15.4. The molecule has 0 aliphatic heterocycles. The Hall–Kier alpha value is -2.27. The highest BCUT2D eigenvalue weighted by Gasteiger charge is 2.21. The number of carbonyl (C=O) groups excluding carboxylic acids is 1. The van der Waals surface area contributed by atoms with Crippen molar-refractivity contribution in [1.82, 2.24) is 0 Å². The molecule has 5 heteroatoms. The fraction of sp³-hybridized carbons (Fsp3) is 0.312. The molecule has 112 valence electrons. The van der Waals surface area contributed by atoms with E-state index in [9.17, 15) is 4.79 Å². The van der Waals surface area contributed by atoms with Crippen molar-refractivity contribution in [2.24, 2.45) is 5.73 Å². The first-order valence-electron chi connectivity index (χ1n) is 6.58. The van der Waals surface area contributed by atoms with Gasteiger partial charge in [-0.2, -0.15) is 0 Å². The maximum atomic E-state index is 11.6. The highest BCUT2D eigenvalue weighted by atomic mass is 16.5. The van der Waals surface area contributed by atoms with Crippen LogP contribution in [0, 0.1) is 0 Å². The monoisotopic (exact) mass is 289 g/mol. The Morgan fingerprint density at radius 2 is 1.90 bits per heavy atom. The third-order valence-electron chi connectivity index (χ3n) is 3.42. The number of rotatable bonds is 5. The van der Waals surface area contributed by atoms with Crippen molar-refractivity contribution in [3.63, 3.8) is 0 Å². The molecule has 0 aliphatic rings. The van der Waals surface area contributed by atoms with Gasteiger partial charge in [0.1, 0.15) is 6.04 Å². The number of nitrogens with two attached hydrogens (primary N) is 1. The maximum absolute atomic E-state index is 11.6. The molecule has 0 aromatic heterocycles. The largest absolute Gasteiger partial charge is 0.493 e. The van der Waals surface area contributed by atoms with E-state index in [0.29, 0.717) is 17.9 Å². The van der Waals surface area contributed by atoms with Gasteiger partial charge in [0, 0.05) is 12.0 Å². The zero-order valence-electron chi connectivity index (χ0n) is 12.4. The summed E-state index contributed by atoms with van der Waals surface area (Å²) >= 11 is 0. The van der Waals surface area contributed by atoms with Crippen molar-refractivity contribution < 1.29 is 19.0 Å². The summed E-state index contributed by atoms with van der Waals surface area (Å²) in [5.41, 5.74) is 6.73. The lowest BCUT2D eigenvalue weighted by molar-refractivity contribution is -0.142. The summed E-state index contributed by atoms with van der Waals surface area (Å²) in [4.78, 5) is 11.6. The number of benzene rings is 2. The molecule has 2 N–H and O–H groups in total. The van der Waals surface area contributed by atoms with Gasteiger partial charge in [-0.15, -0.1) is 0 Å². The smallest absolute Gasteiger partial charge is 0.322 e. The number of esters is 1. The highest BCUT2D eigenvalue weighted by Crippen LogP contribution is 2.38. The molecule has 1 unspecified atom stereocenters. The molecular formula is C16H19NO4. The second kappa shape index (κ2) is 6.45. The van der Waals surface area contributed by atoms with Crippen LogP contribution in [0.3, 0.4) is 0 Å². The average molecular weight is 289 g/mol. The van der Waals surface area contributed by atoms with E-state index in [1.165, 1.54) is 7.11 Å². The Bertz CT molecular complexity index is 654. The molecule has 0 heterocycles. The van der Waals surface area contributed by atoms with Gasteiger partial charge in [0.25, 0.3) is 0 Å². The van der Waals surface area contributed by atoms with Crippen LogP contribution < -0.4 is 15.2 Å². The molecule has 2 aromatic rings. The molecule has 0 aliphatic carbocycles. The number of hydrogen-bond donors (Lipinski definition) is 1. The standard InChI is InChI=1S/C16H19NO4/c1-19-14-8-10-6-4-5-7-11(10)12(15(14)20-2)9-13(17)16(18)21-3/h4-8,13H,9,17H2,1-3H3. The van der Waals surface area contributed by atoms with Crippen LogP contribution in [0.4, 0.5) is 0 Å². The molecule has 2 rings (SSSR count). The van der Waals surface area contributed by atoms with E-state index < -0.39 is 12.0 Å². The van der Waals surface area contributed by atoms with Gasteiger partial charge in [-0.3, -0.25) is 4.79 Å². The van der Waals surface area contributed by atoms with Gasteiger partial charge in [0.2, 0.25) is 0 Å². The summed E-state index contributed by atoms with van der Waals surface area (Å²) in [5.74, 6) is 0.753. The van der Waals surface area contributed by atoms with Gasteiger partial charge in [-0.05, 0) is 16.8 Å². The lowest BCUT2D eigenvalue weighted by Gasteiger charge is -2.18. The Balaban J connectivity index is 2.60. The van der Waals surface area contributed by atoms with Crippen LogP contribution in [0.1, 0.15) is 5.56 Å². The van der Waals surface area contributed by atoms with Crippen LogP contribution in [-0.2, 0) is 16.0 Å². The molecular weight excluding hydrogens is 270 g/mol. The number of methoxy groups -OCH3 is 3. The third-order valence-corrected chi connectivity index (χ3v) is 3.42. The summed E-state index contributed by atoms with van der Waals surface area (Å²) in [5, 5.41) is 1.98. The molecule has 2 aromatic carbocycles. The first-order chi connectivity index (χ1) is 10.1. The van der Waals surface area contributed by atoms with Gasteiger partial charge < -0.3 is 19.9 Å². The van der Waals surface area contributed by atoms with Crippen molar-refractivity contribution in [1.29, 1.82) is 0 Å². The molecule has 0 spiro atoms. The normalized spacial score (nSPS) is 12.0. The van der Waals surface area contributed by atoms with E-state index in [-0.39, 0.29) is 0 Å². The predicted octanol–water partition coefficient (Wildman–Crippen LogP) is 1.90. The maximum Gasteiger partial charge on any atom is 0.322 e. The third kappa shape index (κ3) is 2.92. The summed E-state index contributed by atoms with van der Waals surface area (Å²) in [6, 6.07) is 8.97. The number of carbonyl (C=O) groups is 1. The van der Waals surface area contributed by atoms with E-state index in [4.69, 9.17) is 19.9 Å². The fourth-order valence-corrected chi connectivity index (χ4v) is 2.41. The van der Waals surface area contributed by atoms with Crippen LogP contribution in [0.5, 0.6) is 11.5 Å². The first kappa shape index (κ1) is 15.1. The molecule has 21 heavy (non-hydrogen) atoms. The molecule has 0 amide bonds. The van der Waals surface area contributed by atoms with Gasteiger partial charge >= 0.3 is 5.97 Å². The number of hydrogen-bond acceptors (Lipinski definition) is 5. The van der Waals surface area contributed by atoms with Crippen LogP contribution in [0.2, 0.25) is 0 Å². The second-order valence-electron chi connectivity index (χ2n) is 4.65. The van der Waals surface area contributed by atoms with E-state index in [1.54, 1.807) is 14.2 Å². The SMILES string of the molecule is COC(=O)C(N)Cc1c(OC)c(OC)cc2ccccc12. The molecule has 0 saturated heterocycles. The molecule has 1 atom stereocenters. The number of ether oxygens (including phenoxy) is 3. The van der Waals surface area contributed by atoms with E-state index in [2.05, 4.69) is 0 Å². The van der Waals surface area contributed by atoms with Crippen LogP contribution in [0.15, 0.2) is 30.3 Å². The summed E-state index contributed by atoms with van der Waals surface area (Å²) in [6.07, 6.45) is 0.313. The highest BCUT2D eigenvalue weighted by molar-refractivity contribution is 5.91. The van der Waals surface area contributed by atoms with Gasteiger partial charge in [-0.1, -0.05) is 24.3 Å². The summed E-state index contributed by atoms with van der Waals surface area (Å²) in [7, 11) is 4.47. The average Bonchev–Trinajstić information content (AvgIpc) is 2.53. The van der Waals surface area contributed by atoms with Crippen molar-refractivity contribution in [2.75, 3.05) is 21.3 Å². The van der Waals surface area contributed by atoms with Crippen molar-refractivity contribution in [2.45, 2.75) is 12.5 Å². The second-order valence-corrected chi connectivity index (χ2v) is 4.65. The van der Waals surface area contributed by atoms with Crippen molar-refractivity contribution >= 4 is 16.7 Å². The summed E-state index contributed by atoms with van der Waals surface area (Å²) in [6.45, 7) is 0. The Kier molecular flexibility index (Phi) is 4.65. The van der Waals surface area contributed by atoms with Crippen molar-refractivity contribution in [3.8, 4) is 11.5 Å². The minimum atomic E-state index is -0.751. The molecule has 0 fully saturated rings. The predicted molar refractivity (Wildman–Crippen MR) is 80.7 cm³/mol. The van der Waals surface area contributed by atoms with E-state index in [0.717, 1.165) is 16.3 Å². The zero-order valence-corrected chi connectivity index (χ0v) is 12.4. The fourth-order valence-electron chi connectivity index (χ4n) is 2.41. The Labute approximate surface area is 123 Å². The first-order valence-corrected chi connectivity index (χ1v) is 6.58. The van der Waals surface area contributed by atoms with Crippen LogP contribution >= 0.6 is 0 Å². The lowest BCUT2D eigenvalue weighted by Crippen LogP contribution is -2.33. The van der Waals surface area contributed by atoms with E-state index in [1.807, 2.05) is 30.3 Å². The minimum absolute atomic E-state index is 0.313. The molecule has 0 bridgehead atoms. The minimum Gasteiger partial charge on any atom is -0.493 e.